The number of likely N-dealkylation sites (tertiary alicyclic amines) is 1. The minimum Gasteiger partial charge on any atom is -0.497 e. The summed E-state index contributed by atoms with van der Waals surface area (Å²) < 4.78 is 5.91. The number of methoxy groups -OCH3 is 1. The second-order valence-electron chi connectivity index (χ2n) is 7.30. The molecule has 1 heterocycles. The number of carbonyl (C=O) groups excluding carboxylic acids is 3. The molecule has 1 aliphatic rings. The van der Waals surface area contributed by atoms with Crippen molar-refractivity contribution in [3.63, 3.8) is 0 Å². The van der Waals surface area contributed by atoms with Gasteiger partial charge in [-0.05, 0) is 55.3 Å². The summed E-state index contributed by atoms with van der Waals surface area (Å²) in [5.41, 5.74) is 1.15. The van der Waals surface area contributed by atoms with Crippen LogP contribution in [0.25, 0.3) is 0 Å². The first-order valence-corrected chi connectivity index (χ1v) is 11.3. The molecule has 4 amide bonds. The lowest BCUT2D eigenvalue weighted by atomic mass is 9.95. The molecule has 10 heteroatoms. The van der Waals surface area contributed by atoms with Crippen molar-refractivity contribution in [2.45, 2.75) is 12.8 Å². The number of amides is 4. The van der Waals surface area contributed by atoms with Crippen molar-refractivity contribution in [3.8, 4) is 5.75 Å². The number of hydrogen-bond donors (Lipinski definition) is 3. The molecule has 1 fully saturated rings. The zero-order chi connectivity index (χ0) is 23.1. The van der Waals surface area contributed by atoms with E-state index in [-0.39, 0.29) is 24.3 Å². The van der Waals surface area contributed by atoms with Crippen molar-refractivity contribution < 1.29 is 19.1 Å². The number of benzene rings is 2. The van der Waals surface area contributed by atoms with Crippen LogP contribution in [0.5, 0.6) is 5.75 Å². The maximum absolute atomic E-state index is 12.5. The molecule has 2 aromatic rings. The molecule has 0 saturated carbocycles. The normalized spacial score (nSPS) is 13.9. The number of carbonyl (C=O) groups is 3. The van der Waals surface area contributed by atoms with Crippen LogP contribution in [0.2, 0.25) is 5.02 Å². The van der Waals surface area contributed by atoms with E-state index in [4.69, 9.17) is 16.3 Å². The van der Waals surface area contributed by atoms with Gasteiger partial charge < -0.3 is 25.6 Å². The van der Waals surface area contributed by atoms with Gasteiger partial charge in [-0.25, -0.2) is 4.79 Å². The summed E-state index contributed by atoms with van der Waals surface area (Å²) in [6, 6.07) is 11.7. The summed E-state index contributed by atoms with van der Waals surface area (Å²) in [7, 11) is 1.59. The highest BCUT2D eigenvalue weighted by molar-refractivity contribution is 9.10. The first-order valence-electron chi connectivity index (χ1n) is 10.1. The molecule has 0 aromatic heterocycles. The van der Waals surface area contributed by atoms with E-state index in [0.717, 1.165) is 10.2 Å². The third-order valence-corrected chi connectivity index (χ3v) is 5.96. The van der Waals surface area contributed by atoms with Crippen molar-refractivity contribution in [3.05, 3.63) is 52.0 Å². The van der Waals surface area contributed by atoms with Gasteiger partial charge in [0, 0.05) is 29.2 Å². The van der Waals surface area contributed by atoms with Crippen molar-refractivity contribution in [1.82, 2.24) is 10.2 Å². The fraction of sp³-hybridized carbons (Fsp3) is 0.318. The lowest BCUT2D eigenvalue weighted by Gasteiger charge is -2.31. The molecular formula is C22H24BrClN4O4. The van der Waals surface area contributed by atoms with Gasteiger partial charge in [0.25, 0.3) is 0 Å². The van der Waals surface area contributed by atoms with E-state index in [9.17, 15) is 14.4 Å². The fourth-order valence-corrected chi connectivity index (χ4v) is 4.06. The van der Waals surface area contributed by atoms with Crippen molar-refractivity contribution in [1.29, 1.82) is 0 Å². The van der Waals surface area contributed by atoms with Crippen LogP contribution in [0.3, 0.4) is 0 Å². The minimum atomic E-state index is -0.517. The van der Waals surface area contributed by atoms with Gasteiger partial charge in [-0.3, -0.25) is 9.59 Å². The van der Waals surface area contributed by atoms with E-state index >= 15 is 0 Å². The number of halogens is 2. The molecule has 1 aliphatic heterocycles. The molecule has 1 saturated heterocycles. The van der Waals surface area contributed by atoms with Gasteiger partial charge in [0.15, 0.2) is 0 Å². The van der Waals surface area contributed by atoms with Gasteiger partial charge >= 0.3 is 6.03 Å². The zero-order valence-corrected chi connectivity index (χ0v) is 19.8. The quantitative estimate of drug-likeness (QED) is 0.531. The van der Waals surface area contributed by atoms with E-state index in [0.29, 0.717) is 42.3 Å². The smallest absolute Gasteiger partial charge is 0.319 e. The topological polar surface area (TPSA) is 99.8 Å². The van der Waals surface area contributed by atoms with E-state index < -0.39 is 6.03 Å². The van der Waals surface area contributed by atoms with Gasteiger partial charge in [0.1, 0.15) is 5.75 Å². The van der Waals surface area contributed by atoms with Crippen LogP contribution in [0.1, 0.15) is 12.8 Å². The molecule has 0 atom stereocenters. The Bertz CT molecular complexity index is 978. The summed E-state index contributed by atoms with van der Waals surface area (Å²) in [6.45, 7) is 0.783. The average molecular weight is 524 g/mol. The number of rotatable bonds is 6. The van der Waals surface area contributed by atoms with Crippen molar-refractivity contribution in [2.75, 3.05) is 37.4 Å². The summed E-state index contributed by atoms with van der Waals surface area (Å²) in [6.07, 6.45) is 1.13. The number of anilines is 2. The summed E-state index contributed by atoms with van der Waals surface area (Å²) in [4.78, 5) is 38.7. The lowest BCUT2D eigenvalue weighted by molar-refractivity contribution is -0.133. The number of ether oxygens (including phenoxy) is 1. The molecule has 0 radical (unpaired) electrons. The maximum Gasteiger partial charge on any atom is 0.319 e. The zero-order valence-electron chi connectivity index (χ0n) is 17.5. The maximum atomic E-state index is 12.5. The summed E-state index contributed by atoms with van der Waals surface area (Å²) in [5.74, 6) is 0.288. The number of urea groups is 1. The van der Waals surface area contributed by atoms with Crippen LogP contribution < -0.4 is 20.7 Å². The first-order chi connectivity index (χ1) is 15.4. The third-order valence-electron chi connectivity index (χ3n) is 5.16. The van der Waals surface area contributed by atoms with Crippen LogP contribution >= 0.6 is 27.5 Å². The Morgan fingerprint density at radius 2 is 1.78 bits per heavy atom. The Labute approximate surface area is 199 Å². The highest BCUT2D eigenvalue weighted by Gasteiger charge is 2.27. The Morgan fingerprint density at radius 1 is 1.09 bits per heavy atom. The second-order valence-corrected chi connectivity index (χ2v) is 8.63. The summed E-state index contributed by atoms with van der Waals surface area (Å²) >= 11 is 9.37. The lowest BCUT2D eigenvalue weighted by Crippen LogP contribution is -2.46. The molecule has 0 unspecified atom stereocenters. The molecule has 0 bridgehead atoms. The second kappa shape index (κ2) is 11.2. The van der Waals surface area contributed by atoms with Crippen LogP contribution in [0, 0.1) is 5.92 Å². The van der Waals surface area contributed by atoms with Crippen molar-refractivity contribution in [2.24, 2.45) is 5.92 Å². The predicted molar refractivity (Wildman–Crippen MR) is 127 cm³/mol. The van der Waals surface area contributed by atoms with Crippen molar-refractivity contribution >= 4 is 56.8 Å². The molecule has 32 heavy (non-hydrogen) atoms. The van der Waals surface area contributed by atoms with Gasteiger partial charge in [0.2, 0.25) is 11.8 Å². The first kappa shape index (κ1) is 23.9. The number of hydrogen-bond acceptors (Lipinski definition) is 4. The number of nitrogens with zero attached hydrogens (tertiary/aromatic N) is 1. The Kier molecular flexibility index (Phi) is 8.35. The molecule has 0 aliphatic carbocycles. The summed E-state index contributed by atoms with van der Waals surface area (Å²) in [5, 5.41) is 8.44. The van der Waals surface area contributed by atoms with Gasteiger partial charge in [-0.2, -0.15) is 0 Å². The highest BCUT2D eigenvalue weighted by Crippen LogP contribution is 2.25. The Hall–Kier alpha value is -2.78. The van der Waals surface area contributed by atoms with Gasteiger partial charge in [-0.1, -0.05) is 27.5 Å². The molecule has 3 rings (SSSR count). The predicted octanol–water partition coefficient (Wildman–Crippen LogP) is 4.11. The molecule has 0 spiro atoms. The molecule has 170 valence electrons. The van der Waals surface area contributed by atoms with Gasteiger partial charge in [-0.15, -0.1) is 0 Å². The standard InChI is InChI=1S/C22H24BrClN4O4/c1-32-17-5-3-16(4-6-17)26-21(30)14-8-10-28(11-9-14)20(29)13-25-22(31)27-19-7-2-15(23)12-18(19)24/h2-7,12,14H,8-11,13H2,1H3,(H,26,30)(H2,25,27,31). The molecule has 2 aromatic carbocycles. The molecule has 3 N–H and O–H groups in total. The highest BCUT2D eigenvalue weighted by atomic mass is 79.9. The molecule has 8 nitrogen and oxygen atoms in total. The molecular weight excluding hydrogens is 500 g/mol. The van der Waals surface area contributed by atoms with Crippen LogP contribution in [-0.2, 0) is 9.59 Å². The van der Waals surface area contributed by atoms with Crippen LogP contribution in [0.4, 0.5) is 16.2 Å². The van der Waals surface area contributed by atoms with Gasteiger partial charge in [0.05, 0.1) is 24.4 Å². The average Bonchev–Trinajstić information content (AvgIpc) is 2.80. The fourth-order valence-electron chi connectivity index (χ4n) is 3.33. The minimum absolute atomic E-state index is 0.0638. The number of piperidine rings is 1. The SMILES string of the molecule is COc1ccc(NC(=O)C2CCN(C(=O)CNC(=O)Nc3ccc(Br)cc3Cl)CC2)cc1. The van der Waals surface area contributed by atoms with E-state index in [1.165, 1.54) is 0 Å². The Morgan fingerprint density at radius 3 is 2.41 bits per heavy atom. The Balaban J connectivity index is 1.40. The van der Waals surface area contributed by atoms with Crippen LogP contribution in [-0.4, -0.2) is 49.5 Å². The van der Waals surface area contributed by atoms with E-state index in [1.54, 1.807) is 54.5 Å². The van der Waals surface area contributed by atoms with Crippen LogP contribution in [0.15, 0.2) is 46.9 Å². The van der Waals surface area contributed by atoms with E-state index in [1.807, 2.05) is 0 Å². The number of nitrogens with one attached hydrogen (secondary N) is 3. The monoisotopic (exact) mass is 522 g/mol. The largest absolute Gasteiger partial charge is 0.497 e. The third kappa shape index (κ3) is 6.61. The van der Waals surface area contributed by atoms with E-state index in [2.05, 4.69) is 31.9 Å².